The number of benzene rings is 2. The van der Waals surface area contributed by atoms with Crippen molar-refractivity contribution in [3.63, 3.8) is 0 Å². The van der Waals surface area contributed by atoms with Crippen molar-refractivity contribution in [1.82, 2.24) is 20.2 Å². The van der Waals surface area contributed by atoms with Crippen LogP contribution in [0.3, 0.4) is 0 Å². The first-order chi connectivity index (χ1) is 18.3. The van der Waals surface area contributed by atoms with Gasteiger partial charge in [0.15, 0.2) is 26.3 Å². The average Bonchev–Trinajstić information content (AvgIpc) is 3.63. The van der Waals surface area contributed by atoms with Crippen LogP contribution in [0.15, 0.2) is 59.6 Å². The zero-order valence-electron chi connectivity index (χ0n) is 21.0. The number of Topliss-reactive ketones (excluding diaryl/α,β-unsaturated/α-hetero) is 1. The van der Waals surface area contributed by atoms with Gasteiger partial charge in [0.05, 0.1) is 0 Å². The highest BCUT2D eigenvalue weighted by Gasteiger charge is 2.28. The fourth-order valence-electron chi connectivity index (χ4n) is 4.88. The zero-order valence-corrected chi connectivity index (χ0v) is 21.8. The Morgan fingerprint density at radius 3 is 2.34 bits per heavy atom. The molecule has 4 aromatic rings. The number of sulfone groups is 1. The van der Waals surface area contributed by atoms with E-state index >= 15 is 0 Å². The summed E-state index contributed by atoms with van der Waals surface area (Å²) in [5.41, 5.74) is 3.05. The van der Waals surface area contributed by atoms with E-state index in [0.29, 0.717) is 22.8 Å². The van der Waals surface area contributed by atoms with Gasteiger partial charge < -0.3 is 15.5 Å². The first-order valence-corrected chi connectivity index (χ1v) is 14.7. The summed E-state index contributed by atoms with van der Waals surface area (Å²) in [6.45, 7) is 1.66. The van der Waals surface area contributed by atoms with Crippen LogP contribution in [0.1, 0.15) is 36.0 Å². The fraction of sp³-hybridized carbons (Fsp3) is 0.333. The Morgan fingerprint density at radius 1 is 0.974 bits per heavy atom. The lowest BCUT2D eigenvalue weighted by Gasteiger charge is -2.33. The number of H-pyrrole nitrogens is 1. The molecule has 1 aliphatic carbocycles. The van der Waals surface area contributed by atoms with Gasteiger partial charge in [-0.1, -0.05) is 30.3 Å². The summed E-state index contributed by atoms with van der Waals surface area (Å²) in [6, 6.07) is 17.8. The summed E-state index contributed by atoms with van der Waals surface area (Å²) in [5.74, 6) is 1.10. The second-order valence-electron chi connectivity index (χ2n) is 10.0. The van der Waals surface area contributed by atoms with Gasteiger partial charge in [-0.2, -0.15) is 15.1 Å². The number of aromatic amines is 1. The molecule has 2 aromatic carbocycles. The topological polar surface area (TPSA) is 133 Å². The Balaban J connectivity index is 1.15. The maximum atomic E-state index is 12.8. The summed E-state index contributed by atoms with van der Waals surface area (Å²) >= 11 is 0. The minimum atomic E-state index is -3.54. The number of piperidine rings is 1. The van der Waals surface area contributed by atoms with E-state index in [0.717, 1.165) is 62.0 Å². The number of carbonyl (C=O) groups excluding carboxylic acids is 1. The molecule has 0 unspecified atom stereocenters. The van der Waals surface area contributed by atoms with Crippen LogP contribution >= 0.6 is 0 Å². The minimum Gasteiger partial charge on any atom is -0.371 e. The summed E-state index contributed by atoms with van der Waals surface area (Å²) in [5, 5.41) is 13.6. The maximum absolute atomic E-state index is 12.8. The SMILES string of the molecule is CS(=O)(=O)c1n[nH]c2nc(Nc3ccc(N4CCC(C(=O)c5ccccc5)CC4)cc3)nc(NC3CC3)c12. The third-order valence-electron chi connectivity index (χ3n) is 7.07. The molecular weight excluding hydrogens is 502 g/mol. The van der Waals surface area contributed by atoms with Gasteiger partial charge in [-0.15, -0.1) is 0 Å². The summed E-state index contributed by atoms with van der Waals surface area (Å²) in [4.78, 5) is 24.2. The Bertz CT molecular complexity index is 1570. The summed E-state index contributed by atoms with van der Waals surface area (Å²) in [7, 11) is -3.54. The zero-order chi connectivity index (χ0) is 26.3. The van der Waals surface area contributed by atoms with E-state index in [9.17, 15) is 13.2 Å². The van der Waals surface area contributed by atoms with Crippen LogP contribution in [0, 0.1) is 5.92 Å². The van der Waals surface area contributed by atoms with E-state index in [4.69, 9.17) is 0 Å². The highest BCUT2D eigenvalue weighted by atomic mass is 32.2. The first kappa shape index (κ1) is 24.4. The lowest BCUT2D eigenvalue weighted by molar-refractivity contribution is 0.0900. The number of aromatic nitrogens is 4. The molecule has 0 radical (unpaired) electrons. The third kappa shape index (κ3) is 5.06. The van der Waals surface area contributed by atoms with Crippen molar-refractivity contribution in [3.8, 4) is 0 Å². The number of carbonyl (C=O) groups is 1. The van der Waals surface area contributed by atoms with Crippen molar-refractivity contribution < 1.29 is 13.2 Å². The van der Waals surface area contributed by atoms with Crippen molar-refractivity contribution >= 4 is 49.8 Å². The minimum absolute atomic E-state index is 0.0548. The van der Waals surface area contributed by atoms with Gasteiger partial charge >= 0.3 is 0 Å². The molecule has 196 valence electrons. The molecule has 0 spiro atoms. The van der Waals surface area contributed by atoms with Gasteiger partial charge in [-0.25, -0.2) is 8.42 Å². The lowest BCUT2D eigenvalue weighted by atomic mass is 9.88. The molecular formula is C27H29N7O3S. The second-order valence-corrected chi connectivity index (χ2v) is 11.9. The highest BCUT2D eigenvalue weighted by Crippen LogP contribution is 2.32. The quantitative estimate of drug-likeness (QED) is 0.286. The van der Waals surface area contributed by atoms with Crippen molar-refractivity contribution in [1.29, 1.82) is 0 Å². The molecule has 11 heteroatoms. The number of nitrogens with zero attached hydrogens (tertiary/aromatic N) is 4. The molecule has 2 fully saturated rings. The molecule has 38 heavy (non-hydrogen) atoms. The largest absolute Gasteiger partial charge is 0.371 e. The average molecular weight is 532 g/mol. The summed E-state index contributed by atoms with van der Waals surface area (Å²) < 4.78 is 24.4. The van der Waals surface area contributed by atoms with E-state index in [2.05, 4.69) is 35.7 Å². The van der Waals surface area contributed by atoms with Crippen LogP contribution in [0.25, 0.3) is 11.0 Å². The molecule has 0 atom stereocenters. The van der Waals surface area contributed by atoms with Gasteiger partial charge in [0.1, 0.15) is 11.2 Å². The van der Waals surface area contributed by atoms with E-state index in [1.165, 1.54) is 0 Å². The van der Waals surface area contributed by atoms with Crippen LogP contribution in [0.4, 0.5) is 23.1 Å². The van der Waals surface area contributed by atoms with E-state index in [1.807, 2.05) is 54.6 Å². The van der Waals surface area contributed by atoms with Crippen LogP contribution in [0.2, 0.25) is 0 Å². The standard InChI is InChI=1S/C27H29N7O3S/c1-38(36,37)26-22-24(28-19-7-8-19)30-27(31-25(22)32-33-26)29-20-9-11-21(12-10-20)34-15-13-18(14-16-34)23(35)17-5-3-2-4-6-17/h2-6,9-12,18-19H,7-8,13-16H2,1H3,(H3,28,29,30,31,32,33). The molecule has 1 saturated carbocycles. The monoisotopic (exact) mass is 531 g/mol. The van der Waals surface area contributed by atoms with Gasteiger partial charge in [0, 0.05) is 48.2 Å². The van der Waals surface area contributed by atoms with Crippen molar-refractivity contribution in [2.45, 2.75) is 36.8 Å². The molecule has 0 bridgehead atoms. The molecule has 1 saturated heterocycles. The predicted molar refractivity (Wildman–Crippen MR) is 147 cm³/mol. The number of hydrogen-bond acceptors (Lipinski definition) is 9. The smallest absolute Gasteiger partial charge is 0.231 e. The first-order valence-electron chi connectivity index (χ1n) is 12.8. The van der Waals surface area contributed by atoms with Gasteiger partial charge in [-0.3, -0.25) is 9.89 Å². The number of hydrogen-bond donors (Lipinski definition) is 3. The van der Waals surface area contributed by atoms with Gasteiger partial charge in [-0.05, 0) is 49.9 Å². The molecule has 6 rings (SSSR count). The van der Waals surface area contributed by atoms with Gasteiger partial charge in [0.2, 0.25) is 5.95 Å². The molecule has 0 amide bonds. The number of anilines is 4. The van der Waals surface area contributed by atoms with Crippen molar-refractivity contribution in [2.75, 3.05) is 34.9 Å². The van der Waals surface area contributed by atoms with Crippen LogP contribution in [-0.4, -0.2) is 59.8 Å². The number of nitrogens with one attached hydrogen (secondary N) is 3. The molecule has 1 aliphatic heterocycles. The highest BCUT2D eigenvalue weighted by molar-refractivity contribution is 7.90. The second kappa shape index (κ2) is 9.71. The van der Waals surface area contributed by atoms with Crippen LogP contribution in [0.5, 0.6) is 0 Å². The Hall–Kier alpha value is -3.99. The molecule has 2 aliphatic rings. The number of fused-ring (bicyclic) bond motifs is 1. The lowest BCUT2D eigenvalue weighted by Crippen LogP contribution is -2.36. The van der Waals surface area contributed by atoms with Crippen molar-refractivity contribution in [3.05, 3.63) is 60.2 Å². The Morgan fingerprint density at radius 2 is 1.68 bits per heavy atom. The van der Waals surface area contributed by atoms with E-state index in [-0.39, 0.29) is 22.8 Å². The van der Waals surface area contributed by atoms with E-state index in [1.54, 1.807) is 0 Å². The predicted octanol–water partition coefficient (Wildman–Crippen LogP) is 4.17. The Labute approximate surface area is 220 Å². The van der Waals surface area contributed by atoms with E-state index < -0.39 is 9.84 Å². The summed E-state index contributed by atoms with van der Waals surface area (Å²) in [6.07, 6.45) is 4.82. The van der Waals surface area contributed by atoms with Crippen LogP contribution < -0.4 is 15.5 Å². The van der Waals surface area contributed by atoms with Crippen molar-refractivity contribution in [2.24, 2.45) is 5.92 Å². The Kier molecular flexibility index (Phi) is 6.22. The maximum Gasteiger partial charge on any atom is 0.231 e. The molecule has 10 nitrogen and oxygen atoms in total. The third-order valence-corrected chi connectivity index (χ3v) is 8.07. The normalized spacial score (nSPS) is 16.5. The van der Waals surface area contributed by atoms with Crippen LogP contribution in [-0.2, 0) is 9.84 Å². The molecule has 2 aromatic heterocycles. The fourth-order valence-corrected chi connectivity index (χ4v) is 5.65. The van der Waals surface area contributed by atoms with Gasteiger partial charge in [0.25, 0.3) is 0 Å². The number of rotatable bonds is 8. The molecule has 3 heterocycles. The number of ketones is 1. The molecule has 3 N–H and O–H groups in total.